The number of nitrogens with one attached hydrogen (secondary N) is 1. The third-order valence-corrected chi connectivity index (χ3v) is 6.89. The maximum atomic E-state index is 12.7. The Kier molecular flexibility index (Phi) is 8.63. The summed E-state index contributed by atoms with van der Waals surface area (Å²) >= 11 is 1.33. The lowest BCUT2D eigenvalue weighted by atomic mass is 9.93. The van der Waals surface area contributed by atoms with Crippen molar-refractivity contribution in [3.63, 3.8) is 0 Å². The van der Waals surface area contributed by atoms with E-state index in [-0.39, 0.29) is 42.6 Å². The summed E-state index contributed by atoms with van der Waals surface area (Å²) in [6.07, 6.45) is 4.38. The number of esters is 1. The highest BCUT2D eigenvalue weighted by molar-refractivity contribution is 7.13. The predicted octanol–water partition coefficient (Wildman–Crippen LogP) is 2.88. The van der Waals surface area contributed by atoms with Gasteiger partial charge >= 0.3 is 12.1 Å². The Morgan fingerprint density at radius 3 is 2.33 bits per heavy atom. The third-order valence-electron chi connectivity index (χ3n) is 5.80. The van der Waals surface area contributed by atoms with Gasteiger partial charge in [-0.1, -0.05) is 11.3 Å². The molecule has 2 aliphatic rings. The lowest BCUT2D eigenvalue weighted by Gasteiger charge is -2.32. The van der Waals surface area contributed by atoms with Crippen LogP contribution in [-0.2, 0) is 19.0 Å². The third kappa shape index (κ3) is 7.63. The fraction of sp³-hybridized carbons (Fsp3) is 0.773. The minimum Gasteiger partial charge on any atom is -0.467 e. The Hall–Kier alpha value is -2.27. The van der Waals surface area contributed by atoms with Crippen LogP contribution in [0.1, 0.15) is 80.0 Å². The minimum absolute atomic E-state index is 0.0110. The number of hydrogen-bond acceptors (Lipinski definition) is 9. The van der Waals surface area contributed by atoms with Crippen molar-refractivity contribution in [3.8, 4) is 0 Å². The summed E-state index contributed by atoms with van der Waals surface area (Å²) in [4.78, 5) is 37.8. The number of nitrogens with zero attached hydrogens (tertiary/aromatic N) is 3. The molecule has 2 fully saturated rings. The standard InChI is InChI=1S/C22H34N4O6S/c1-22(2,3)32-21(29)26-11-9-14(10-12-26)19-24-25-20(33-19)18(28)23-15-5-7-16(8-6-15)31-13-17(27)30-4/h14-16H,5-13H2,1-4H3,(H,23,28)/t15-,16-. The molecule has 1 N–H and O–H groups in total. The van der Waals surface area contributed by atoms with Crippen molar-refractivity contribution in [1.29, 1.82) is 0 Å². The van der Waals surface area contributed by atoms with Crippen LogP contribution < -0.4 is 5.32 Å². The molecule has 2 amide bonds. The second-order valence-electron chi connectivity index (χ2n) is 9.52. The molecular weight excluding hydrogens is 448 g/mol. The van der Waals surface area contributed by atoms with Crippen LogP contribution in [0.4, 0.5) is 4.79 Å². The second kappa shape index (κ2) is 11.2. The van der Waals surface area contributed by atoms with Crippen molar-refractivity contribution in [3.05, 3.63) is 10.0 Å². The molecule has 1 saturated carbocycles. The van der Waals surface area contributed by atoms with Crippen molar-refractivity contribution < 1.29 is 28.6 Å². The average Bonchev–Trinajstić information content (AvgIpc) is 3.28. The summed E-state index contributed by atoms with van der Waals surface area (Å²) < 4.78 is 15.6. The maximum Gasteiger partial charge on any atom is 0.410 e. The van der Waals surface area contributed by atoms with Crippen molar-refractivity contribution in [1.82, 2.24) is 20.4 Å². The van der Waals surface area contributed by atoms with E-state index < -0.39 is 5.60 Å². The molecule has 1 saturated heterocycles. The summed E-state index contributed by atoms with van der Waals surface area (Å²) in [5.74, 6) is -0.401. The van der Waals surface area contributed by atoms with E-state index in [0.29, 0.717) is 18.1 Å². The number of likely N-dealkylation sites (tertiary alicyclic amines) is 1. The summed E-state index contributed by atoms with van der Waals surface area (Å²) in [6, 6.07) is 0.0555. The minimum atomic E-state index is -0.509. The van der Waals surface area contributed by atoms with Crippen molar-refractivity contribution in [2.45, 2.75) is 83.0 Å². The van der Waals surface area contributed by atoms with E-state index in [9.17, 15) is 14.4 Å². The lowest BCUT2D eigenvalue weighted by Crippen LogP contribution is -2.41. The summed E-state index contributed by atoms with van der Waals surface area (Å²) in [6.45, 7) is 6.73. The predicted molar refractivity (Wildman–Crippen MR) is 121 cm³/mol. The first kappa shape index (κ1) is 25.4. The zero-order valence-corrected chi connectivity index (χ0v) is 20.6. The van der Waals surface area contributed by atoms with E-state index in [1.807, 2.05) is 20.8 Å². The van der Waals surface area contributed by atoms with Gasteiger partial charge in [-0.15, -0.1) is 10.2 Å². The molecule has 10 nitrogen and oxygen atoms in total. The SMILES string of the molecule is COC(=O)CO[C@H]1CC[C@H](NC(=O)c2nnc(C3CCN(C(=O)OC(C)(C)C)CC3)s2)CC1. The van der Waals surface area contributed by atoms with Crippen LogP contribution in [0.3, 0.4) is 0 Å². The molecule has 33 heavy (non-hydrogen) atoms. The van der Waals surface area contributed by atoms with Gasteiger partial charge in [-0.2, -0.15) is 0 Å². The summed E-state index contributed by atoms with van der Waals surface area (Å²) in [7, 11) is 1.34. The highest BCUT2D eigenvalue weighted by Gasteiger charge is 2.30. The normalized spacial score (nSPS) is 22.0. The first-order chi connectivity index (χ1) is 15.6. The van der Waals surface area contributed by atoms with Gasteiger partial charge in [-0.3, -0.25) is 4.79 Å². The molecule has 1 aromatic heterocycles. The van der Waals surface area contributed by atoms with E-state index in [1.165, 1.54) is 18.4 Å². The number of rotatable bonds is 6. The Morgan fingerprint density at radius 2 is 1.73 bits per heavy atom. The lowest BCUT2D eigenvalue weighted by molar-refractivity contribution is -0.148. The van der Waals surface area contributed by atoms with Gasteiger partial charge in [0.1, 0.15) is 17.2 Å². The van der Waals surface area contributed by atoms with Crippen LogP contribution in [0.5, 0.6) is 0 Å². The molecule has 0 bridgehead atoms. The van der Waals surface area contributed by atoms with Gasteiger partial charge in [-0.05, 0) is 59.3 Å². The van der Waals surface area contributed by atoms with Gasteiger partial charge in [-0.25, -0.2) is 9.59 Å². The van der Waals surface area contributed by atoms with Gasteiger partial charge in [0, 0.05) is 25.0 Å². The molecule has 0 unspecified atom stereocenters. The Labute approximate surface area is 198 Å². The van der Waals surface area contributed by atoms with E-state index in [1.54, 1.807) is 4.90 Å². The fourth-order valence-electron chi connectivity index (χ4n) is 3.99. The van der Waals surface area contributed by atoms with Crippen LogP contribution in [0.15, 0.2) is 0 Å². The molecule has 0 atom stereocenters. The topological polar surface area (TPSA) is 120 Å². The van der Waals surface area contributed by atoms with Crippen LogP contribution in [0.2, 0.25) is 0 Å². The fourth-order valence-corrected chi connectivity index (χ4v) is 4.91. The van der Waals surface area contributed by atoms with Crippen LogP contribution >= 0.6 is 11.3 Å². The van der Waals surface area contributed by atoms with E-state index in [4.69, 9.17) is 9.47 Å². The van der Waals surface area contributed by atoms with Gasteiger partial charge in [0.25, 0.3) is 5.91 Å². The number of ether oxygens (including phenoxy) is 3. The van der Waals surface area contributed by atoms with Gasteiger partial charge in [0.2, 0.25) is 5.01 Å². The molecule has 184 valence electrons. The van der Waals surface area contributed by atoms with Crippen LogP contribution in [0.25, 0.3) is 0 Å². The molecule has 3 rings (SSSR count). The molecule has 1 aliphatic heterocycles. The Morgan fingerprint density at radius 1 is 1.06 bits per heavy atom. The largest absolute Gasteiger partial charge is 0.467 e. The van der Waals surface area contributed by atoms with Crippen LogP contribution in [-0.4, -0.2) is 77.6 Å². The number of methoxy groups -OCH3 is 1. The number of carbonyl (C=O) groups excluding carboxylic acids is 3. The first-order valence-corrected chi connectivity index (χ1v) is 12.3. The van der Waals surface area contributed by atoms with Gasteiger partial charge in [0.15, 0.2) is 0 Å². The molecule has 1 aliphatic carbocycles. The number of carbonyl (C=O) groups is 3. The van der Waals surface area contributed by atoms with Crippen molar-refractivity contribution in [2.75, 3.05) is 26.8 Å². The highest BCUT2D eigenvalue weighted by Crippen LogP contribution is 2.31. The number of aromatic nitrogens is 2. The zero-order chi connectivity index (χ0) is 24.0. The molecule has 11 heteroatoms. The van der Waals surface area contributed by atoms with Crippen molar-refractivity contribution >= 4 is 29.3 Å². The smallest absolute Gasteiger partial charge is 0.410 e. The monoisotopic (exact) mass is 482 g/mol. The number of piperidine rings is 1. The highest BCUT2D eigenvalue weighted by atomic mass is 32.1. The molecule has 0 spiro atoms. The first-order valence-electron chi connectivity index (χ1n) is 11.4. The quantitative estimate of drug-likeness (QED) is 0.615. The van der Waals surface area contributed by atoms with E-state index in [0.717, 1.165) is 43.5 Å². The summed E-state index contributed by atoms with van der Waals surface area (Å²) in [5.41, 5.74) is -0.509. The molecule has 0 radical (unpaired) electrons. The molecule has 0 aromatic carbocycles. The van der Waals surface area contributed by atoms with Gasteiger partial charge in [0.05, 0.1) is 13.2 Å². The number of hydrogen-bond donors (Lipinski definition) is 1. The van der Waals surface area contributed by atoms with Crippen molar-refractivity contribution in [2.24, 2.45) is 0 Å². The zero-order valence-electron chi connectivity index (χ0n) is 19.8. The molecular formula is C22H34N4O6S. The van der Waals surface area contributed by atoms with E-state index in [2.05, 4.69) is 20.3 Å². The van der Waals surface area contributed by atoms with E-state index >= 15 is 0 Å². The second-order valence-corrected chi connectivity index (χ2v) is 10.5. The average molecular weight is 483 g/mol. The van der Waals surface area contributed by atoms with Crippen LogP contribution in [0, 0.1) is 0 Å². The summed E-state index contributed by atoms with van der Waals surface area (Å²) in [5, 5.41) is 12.6. The Bertz CT molecular complexity index is 823. The maximum absolute atomic E-state index is 12.7. The molecule has 2 heterocycles. The molecule has 1 aromatic rings. The van der Waals surface area contributed by atoms with Gasteiger partial charge < -0.3 is 24.4 Å². The number of amides is 2. The Balaban J connectivity index is 1.42.